The van der Waals surface area contributed by atoms with Crippen LogP contribution >= 0.6 is 0 Å². The van der Waals surface area contributed by atoms with E-state index in [1.165, 1.54) is 13.2 Å². The van der Waals surface area contributed by atoms with Crippen molar-refractivity contribution in [2.24, 2.45) is 0 Å². The zero-order valence-electron chi connectivity index (χ0n) is 15.2. The van der Waals surface area contributed by atoms with Crippen LogP contribution in [0.2, 0.25) is 0 Å². The third-order valence-electron chi connectivity index (χ3n) is 3.64. The second-order valence-electron chi connectivity index (χ2n) is 5.28. The Morgan fingerprint density at radius 1 is 0.923 bits per heavy atom. The van der Waals surface area contributed by atoms with Gasteiger partial charge in [-0.1, -0.05) is 24.8 Å². The van der Waals surface area contributed by atoms with Gasteiger partial charge in [0.15, 0.2) is 28.8 Å². The van der Waals surface area contributed by atoms with E-state index in [1.807, 2.05) is 6.07 Å². The van der Waals surface area contributed by atoms with Gasteiger partial charge in [0.05, 0.1) is 21.3 Å². The fourth-order valence-corrected chi connectivity index (χ4v) is 2.31. The Bertz CT molecular complexity index is 808. The number of rotatable bonds is 9. The average molecular weight is 354 g/mol. The van der Waals surface area contributed by atoms with E-state index < -0.39 is 0 Å². The van der Waals surface area contributed by atoms with Gasteiger partial charge in [0, 0.05) is 5.56 Å². The molecule has 136 valence electrons. The van der Waals surface area contributed by atoms with Crippen LogP contribution in [-0.2, 0) is 0 Å². The number of benzene rings is 2. The third-order valence-corrected chi connectivity index (χ3v) is 3.64. The van der Waals surface area contributed by atoms with Crippen LogP contribution in [0.3, 0.4) is 0 Å². The molecule has 0 aliphatic rings. The van der Waals surface area contributed by atoms with Crippen molar-refractivity contribution >= 4 is 11.9 Å². The first-order chi connectivity index (χ1) is 12.6. The summed E-state index contributed by atoms with van der Waals surface area (Å²) >= 11 is 0. The molecular weight excluding hydrogens is 332 g/mol. The van der Waals surface area contributed by atoms with Crippen molar-refractivity contribution in [2.75, 3.05) is 27.9 Å². The summed E-state index contributed by atoms with van der Waals surface area (Å²) in [5.41, 5.74) is 1.33. The van der Waals surface area contributed by atoms with E-state index in [9.17, 15) is 4.79 Å². The Kier molecular flexibility index (Phi) is 6.85. The number of carbonyl (C=O) groups is 1. The van der Waals surface area contributed by atoms with Gasteiger partial charge in [-0.15, -0.1) is 0 Å². The fourth-order valence-electron chi connectivity index (χ4n) is 2.31. The summed E-state index contributed by atoms with van der Waals surface area (Å²) in [4.78, 5) is 12.4. The number of hydrogen-bond donors (Lipinski definition) is 0. The lowest BCUT2D eigenvalue weighted by Gasteiger charge is -2.10. The van der Waals surface area contributed by atoms with Gasteiger partial charge >= 0.3 is 0 Å². The number of ether oxygens (including phenoxy) is 4. The maximum atomic E-state index is 12.4. The molecule has 5 heteroatoms. The molecule has 0 unspecified atom stereocenters. The minimum Gasteiger partial charge on any atom is -0.493 e. The predicted octanol–water partition coefficient (Wildman–Crippen LogP) is 4.17. The fraction of sp³-hybridized carbons (Fsp3) is 0.190. The van der Waals surface area contributed by atoms with E-state index in [-0.39, 0.29) is 5.78 Å². The Labute approximate surface area is 153 Å². The number of ketones is 1. The smallest absolute Gasteiger partial charge is 0.185 e. The second kappa shape index (κ2) is 9.32. The maximum Gasteiger partial charge on any atom is 0.185 e. The van der Waals surface area contributed by atoms with Crippen molar-refractivity contribution in [3.8, 4) is 23.0 Å². The van der Waals surface area contributed by atoms with Crippen molar-refractivity contribution in [1.82, 2.24) is 0 Å². The lowest BCUT2D eigenvalue weighted by molar-refractivity contribution is 0.104. The zero-order chi connectivity index (χ0) is 18.9. The van der Waals surface area contributed by atoms with E-state index in [4.69, 9.17) is 18.9 Å². The molecule has 2 rings (SSSR count). The van der Waals surface area contributed by atoms with Crippen LogP contribution in [0.25, 0.3) is 6.08 Å². The molecule has 0 N–H and O–H groups in total. The lowest BCUT2D eigenvalue weighted by Crippen LogP contribution is -1.98. The van der Waals surface area contributed by atoms with Crippen molar-refractivity contribution in [1.29, 1.82) is 0 Å². The first kappa shape index (κ1) is 19.1. The molecule has 2 aromatic rings. The Morgan fingerprint density at radius 3 is 2.23 bits per heavy atom. The van der Waals surface area contributed by atoms with E-state index in [0.29, 0.717) is 35.2 Å². The minimum absolute atomic E-state index is 0.142. The van der Waals surface area contributed by atoms with Gasteiger partial charge in [-0.2, -0.15) is 0 Å². The van der Waals surface area contributed by atoms with Crippen LogP contribution in [-0.4, -0.2) is 33.7 Å². The molecule has 0 radical (unpaired) electrons. The Hall–Kier alpha value is -3.21. The zero-order valence-corrected chi connectivity index (χ0v) is 15.2. The van der Waals surface area contributed by atoms with E-state index in [2.05, 4.69) is 6.58 Å². The molecule has 0 spiro atoms. The number of hydrogen-bond acceptors (Lipinski definition) is 5. The Balaban J connectivity index is 2.18. The minimum atomic E-state index is -0.142. The summed E-state index contributed by atoms with van der Waals surface area (Å²) in [6, 6.07) is 10.5. The highest BCUT2D eigenvalue weighted by Crippen LogP contribution is 2.29. The number of carbonyl (C=O) groups excluding carboxylic acids is 1. The topological polar surface area (TPSA) is 54.0 Å². The SMILES string of the molecule is C=CCOc1ccc(C=CC(=O)c2ccc(OC)c(OC)c2)cc1OC. The van der Waals surface area contributed by atoms with Gasteiger partial charge in [-0.25, -0.2) is 0 Å². The summed E-state index contributed by atoms with van der Waals surface area (Å²) in [6.07, 6.45) is 4.88. The van der Waals surface area contributed by atoms with Crippen molar-refractivity contribution < 1.29 is 23.7 Å². The molecule has 0 aromatic heterocycles. The molecule has 0 bridgehead atoms. The summed E-state index contributed by atoms with van der Waals surface area (Å²) < 4.78 is 21.2. The van der Waals surface area contributed by atoms with Crippen LogP contribution in [0.15, 0.2) is 55.1 Å². The molecule has 0 saturated carbocycles. The highest BCUT2D eigenvalue weighted by molar-refractivity contribution is 6.07. The van der Waals surface area contributed by atoms with Gasteiger partial charge in [-0.05, 0) is 42.0 Å². The molecule has 0 fully saturated rings. The average Bonchev–Trinajstić information content (AvgIpc) is 2.69. The molecule has 0 aliphatic heterocycles. The van der Waals surface area contributed by atoms with E-state index in [0.717, 1.165) is 5.56 Å². The van der Waals surface area contributed by atoms with Gasteiger partial charge in [0.2, 0.25) is 0 Å². The molecule has 0 heterocycles. The third kappa shape index (κ3) is 4.66. The molecule has 0 atom stereocenters. The predicted molar refractivity (Wildman–Crippen MR) is 102 cm³/mol. The summed E-state index contributed by atoms with van der Waals surface area (Å²) in [6.45, 7) is 4.01. The van der Waals surface area contributed by atoms with Crippen molar-refractivity contribution in [3.05, 3.63) is 66.3 Å². The summed E-state index contributed by atoms with van der Waals surface area (Å²) in [7, 11) is 4.65. The van der Waals surface area contributed by atoms with Crippen LogP contribution in [0.4, 0.5) is 0 Å². The van der Waals surface area contributed by atoms with Crippen molar-refractivity contribution in [3.63, 3.8) is 0 Å². The summed E-state index contributed by atoms with van der Waals surface area (Å²) in [5, 5.41) is 0. The Morgan fingerprint density at radius 2 is 1.58 bits per heavy atom. The van der Waals surface area contributed by atoms with Crippen molar-refractivity contribution in [2.45, 2.75) is 0 Å². The van der Waals surface area contributed by atoms with Crippen LogP contribution in [0.5, 0.6) is 23.0 Å². The highest BCUT2D eigenvalue weighted by Gasteiger charge is 2.09. The molecule has 0 saturated heterocycles. The first-order valence-corrected chi connectivity index (χ1v) is 7.99. The second-order valence-corrected chi connectivity index (χ2v) is 5.28. The lowest BCUT2D eigenvalue weighted by atomic mass is 10.1. The highest BCUT2D eigenvalue weighted by atomic mass is 16.5. The normalized spacial score (nSPS) is 10.4. The quantitative estimate of drug-likeness (QED) is 0.384. The molecule has 26 heavy (non-hydrogen) atoms. The largest absolute Gasteiger partial charge is 0.493 e. The maximum absolute atomic E-state index is 12.4. The van der Waals surface area contributed by atoms with Gasteiger partial charge < -0.3 is 18.9 Å². The standard InChI is InChI=1S/C21H22O5/c1-5-12-26-19-10-7-15(13-20(19)24-3)6-9-17(22)16-8-11-18(23-2)21(14-16)25-4/h5-11,13-14H,1,12H2,2-4H3. The van der Waals surface area contributed by atoms with E-state index >= 15 is 0 Å². The van der Waals surface area contributed by atoms with Gasteiger partial charge in [0.1, 0.15) is 6.61 Å². The van der Waals surface area contributed by atoms with Crippen LogP contribution in [0.1, 0.15) is 15.9 Å². The van der Waals surface area contributed by atoms with Gasteiger partial charge in [-0.3, -0.25) is 4.79 Å². The van der Waals surface area contributed by atoms with E-state index in [1.54, 1.807) is 56.7 Å². The molecule has 2 aromatic carbocycles. The van der Waals surface area contributed by atoms with Crippen LogP contribution in [0, 0.1) is 0 Å². The monoisotopic (exact) mass is 354 g/mol. The number of allylic oxidation sites excluding steroid dienone is 1. The molecule has 0 amide bonds. The van der Waals surface area contributed by atoms with Gasteiger partial charge in [0.25, 0.3) is 0 Å². The molecular formula is C21H22O5. The molecule has 0 aliphatic carbocycles. The number of methoxy groups -OCH3 is 3. The first-order valence-electron chi connectivity index (χ1n) is 7.99. The van der Waals surface area contributed by atoms with Crippen LogP contribution < -0.4 is 18.9 Å². The molecule has 5 nitrogen and oxygen atoms in total. The summed E-state index contributed by atoms with van der Waals surface area (Å²) in [5.74, 6) is 2.16.